The predicted molar refractivity (Wildman–Crippen MR) is 69.5 cm³/mol. The SMILES string of the molecule is CC(Oc1ccc(C#N)cc1)C(=O)NCC(O)C(N)=O. The number of aliphatic hydroxyl groups excluding tert-OH is 1. The summed E-state index contributed by atoms with van der Waals surface area (Å²) in [6.45, 7) is 1.25. The van der Waals surface area contributed by atoms with Crippen LogP contribution in [0.25, 0.3) is 0 Å². The third kappa shape index (κ3) is 4.59. The van der Waals surface area contributed by atoms with E-state index in [1.54, 1.807) is 24.3 Å². The second kappa shape index (κ2) is 7.11. The number of nitrogens with zero attached hydrogens (tertiary/aromatic N) is 1. The third-order valence-electron chi connectivity index (χ3n) is 2.46. The molecule has 7 nitrogen and oxygen atoms in total. The van der Waals surface area contributed by atoms with Gasteiger partial charge in [-0.15, -0.1) is 0 Å². The first-order valence-corrected chi connectivity index (χ1v) is 5.86. The van der Waals surface area contributed by atoms with Gasteiger partial charge in [0.25, 0.3) is 5.91 Å². The van der Waals surface area contributed by atoms with Gasteiger partial charge in [-0.05, 0) is 31.2 Å². The Morgan fingerprint density at radius 1 is 1.45 bits per heavy atom. The van der Waals surface area contributed by atoms with Crippen molar-refractivity contribution >= 4 is 11.8 Å². The third-order valence-corrected chi connectivity index (χ3v) is 2.46. The summed E-state index contributed by atoms with van der Waals surface area (Å²) in [5.74, 6) is -0.970. The maximum atomic E-state index is 11.6. The smallest absolute Gasteiger partial charge is 0.260 e. The van der Waals surface area contributed by atoms with Crippen molar-refractivity contribution in [1.82, 2.24) is 5.32 Å². The van der Waals surface area contributed by atoms with Crippen LogP contribution in [0.15, 0.2) is 24.3 Å². The average molecular weight is 277 g/mol. The predicted octanol–water partition coefficient (Wildman–Crippen LogP) is -0.712. The quantitative estimate of drug-likeness (QED) is 0.633. The molecule has 0 aliphatic heterocycles. The summed E-state index contributed by atoms with van der Waals surface area (Å²) in [7, 11) is 0. The Labute approximate surface area is 115 Å². The molecule has 0 spiro atoms. The van der Waals surface area contributed by atoms with Crippen molar-refractivity contribution in [2.75, 3.05) is 6.54 Å². The second-order valence-electron chi connectivity index (χ2n) is 4.06. The fourth-order valence-electron chi connectivity index (χ4n) is 1.31. The molecular weight excluding hydrogens is 262 g/mol. The molecule has 0 aliphatic carbocycles. The Bertz CT molecular complexity index is 521. The molecule has 1 rings (SSSR count). The number of rotatable bonds is 6. The van der Waals surface area contributed by atoms with Gasteiger partial charge in [0.05, 0.1) is 18.2 Å². The molecule has 0 aliphatic rings. The highest BCUT2D eigenvalue weighted by atomic mass is 16.5. The van der Waals surface area contributed by atoms with E-state index in [1.807, 2.05) is 6.07 Å². The fraction of sp³-hybridized carbons (Fsp3) is 0.308. The van der Waals surface area contributed by atoms with Crippen LogP contribution < -0.4 is 15.8 Å². The zero-order valence-electron chi connectivity index (χ0n) is 10.9. The molecule has 1 aromatic carbocycles. The lowest BCUT2D eigenvalue weighted by Gasteiger charge is -2.15. The number of carbonyl (C=O) groups is 2. The number of benzene rings is 1. The number of carbonyl (C=O) groups excluding carboxylic acids is 2. The van der Waals surface area contributed by atoms with E-state index in [9.17, 15) is 9.59 Å². The summed E-state index contributed by atoms with van der Waals surface area (Å²) in [6, 6.07) is 8.24. The minimum Gasteiger partial charge on any atom is -0.481 e. The largest absolute Gasteiger partial charge is 0.481 e. The number of nitriles is 1. The monoisotopic (exact) mass is 277 g/mol. The van der Waals surface area contributed by atoms with Gasteiger partial charge in [-0.1, -0.05) is 0 Å². The minimum absolute atomic E-state index is 0.269. The highest BCUT2D eigenvalue weighted by Gasteiger charge is 2.17. The van der Waals surface area contributed by atoms with Crippen LogP contribution in [0.5, 0.6) is 5.75 Å². The van der Waals surface area contributed by atoms with Crippen LogP contribution in [0.2, 0.25) is 0 Å². The average Bonchev–Trinajstić information content (AvgIpc) is 2.44. The lowest BCUT2D eigenvalue weighted by Crippen LogP contribution is -2.44. The number of nitrogens with one attached hydrogen (secondary N) is 1. The molecule has 1 aromatic rings. The zero-order valence-corrected chi connectivity index (χ0v) is 10.9. The van der Waals surface area contributed by atoms with Crippen molar-refractivity contribution in [2.45, 2.75) is 19.1 Å². The van der Waals surface area contributed by atoms with Gasteiger partial charge in [0.1, 0.15) is 11.9 Å². The van der Waals surface area contributed by atoms with Crippen LogP contribution in [-0.4, -0.2) is 35.7 Å². The molecule has 0 fully saturated rings. The van der Waals surface area contributed by atoms with E-state index in [4.69, 9.17) is 20.8 Å². The highest BCUT2D eigenvalue weighted by molar-refractivity contribution is 5.83. The van der Waals surface area contributed by atoms with E-state index in [0.717, 1.165) is 0 Å². The van der Waals surface area contributed by atoms with Crippen molar-refractivity contribution < 1.29 is 19.4 Å². The first-order valence-electron chi connectivity index (χ1n) is 5.86. The van der Waals surface area contributed by atoms with Crippen molar-refractivity contribution in [3.63, 3.8) is 0 Å². The molecule has 2 amide bonds. The number of ether oxygens (including phenoxy) is 1. The molecule has 0 radical (unpaired) electrons. The number of primary amides is 1. The van der Waals surface area contributed by atoms with E-state index in [0.29, 0.717) is 11.3 Å². The Kier molecular flexibility index (Phi) is 5.50. The van der Waals surface area contributed by atoms with Gasteiger partial charge in [-0.25, -0.2) is 0 Å². The van der Waals surface area contributed by atoms with Gasteiger partial charge < -0.3 is 20.9 Å². The van der Waals surface area contributed by atoms with E-state index < -0.39 is 24.0 Å². The molecule has 0 aromatic heterocycles. The summed E-state index contributed by atoms with van der Waals surface area (Å²) >= 11 is 0. The van der Waals surface area contributed by atoms with Gasteiger partial charge in [0.2, 0.25) is 5.91 Å². The van der Waals surface area contributed by atoms with E-state index in [-0.39, 0.29) is 6.54 Å². The van der Waals surface area contributed by atoms with Crippen LogP contribution in [0.3, 0.4) is 0 Å². The topological polar surface area (TPSA) is 125 Å². The molecule has 0 bridgehead atoms. The van der Waals surface area contributed by atoms with Crippen LogP contribution in [-0.2, 0) is 9.59 Å². The molecule has 0 saturated carbocycles. The second-order valence-corrected chi connectivity index (χ2v) is 4.06. The standard InChI is InChI=1S/C13H15N3O4/c1-8(13(19)16-7-11(17)12(15)18)20-10-4-2-9(6-14)3-5-10/h2-5,8,11,17H,7H2,1H3,(H2,15,18)(H,16,19). The molecule has 20 heavy (non-hydrogen) atoms. The van der Waals surface area contributed by atoms with E-state index in [1.165, 1.54) is 6.92 Å². The summed E-state index contributed by atoms with van der Waals surface area (Å²) in [4.78, 5) is 22.2. The molecule has 106 valence electrons. The Hall–Kier alpha value is -2.59. The van der Waals surface area contributed by atoms with Gasteiger partial charge in [0.15, 0.2) is 6.10 Å². The molecule has 4 N–H and O–H groups in total. The number of nitrogens with two attached hydrogens (primary N) is 1. The lowest BCUT2D eigenvalue weighted by atomic mass is 10.2. The summed E-state index contributed by atoms with van der Waals surface area (Å²) < 4.78 is 5.35. The van der Waals surface area contributed by atoms with Gasteiger partial charge >= 0.3 is 0 Å². The Balaban J connectivity index is 2.48. The Morgan fingerprint density at radius 2 is 2.05 bits per heavy atom. The lowest BCUT2D eigenvalue weighted by molar-refractivity contribution is -0.129. The Morgan fingerprint density at radius 3 is 2.55 bits per heavy atom. The minimum atomic E-state index is -1.43. The normalized spacial score (nSPS) is 12.8. The van der Waals surface area contributed by atoms with Gasteiger partial charge in [-0.3, -0.25) is 9.59 Å². The molecular formula is C13H15N3O4. The van der Waals surface area contributed by atoms with Crippen LogP contribution >= 0.6 is 0 Å². The maximum absolute atomic E-state index is 11.6. The molecule has 0 saturated heterocycles. The summed E-state index contributed by atoms with van der Waals surface area (Å²) in [6.07, 6.45) is -2.25. The first-order chi connectivity index (χ1) is 9.43. The van der Waals surface area contributed by atoms with Gasteiger partial charge in [0, 0.05) is 0 Å². The van der Waals surface area contributed by atoms with Crippen LogP contribution in [0.1, 0.15) is 12.5 Å². The molecule has 2 unspecified atom stereocenters. The van der Waals surface area contributed by atoms with Crippen molar-refractivity contribution in [1.29, 1.82) is 5.26 Å². The summed E-state index contributed by atoms with van der Waals surface area (Å²) in [5.41, 5.74) is 5.34. The fourth-order valence-corrected chi connectivity index (χ4v) is 1.31. The van der Waals surface area contributed by atoms with Crippen molar-refractivity contribution in [2.24, 2.45) is 5.73 Å². The number of hydrogen-bond donors (Lipinski definition) is 3. The summed E-state index contributed by atoms with van der Waals surface area (Å²) in [5, 5.41) is 20.1. The van der Waals surface area contributed by atoms with E-state index >= 15 is 0 Å². The number of amides is 2. The number of aliphatic hydroxyl groups is 1. The zero-order chi connectivity index (χ0) is 15.1. The molecule has 2 atom stereocenters. The van der Waals surface area contributed by atoms with Crippen LogP contribution in [0.4, 0.5) is 0 Å². The van der Waals surface area contributed by atoms with Crippen molar-refractivity contribution in [3.05, 3.63) is 29.8 Å². The number of hydrogen-bond acceptors (Lipinski definition) is 5. The first kappa shape index (κ1) is 15.5. The van der Waals surface area contributed by atoms with E-state index in [2.05, 4.69) is 5.32 Å². The molecule has 7 heteroatoms. The highest BCUT2D eigenvalue weighted by Crippen LogP contribution is 2.13. The van der Waals surface area contributed by atoms with Crippen molar-refractivity contribution in [3.8, 4) is 11.8 Å². The maximum Gasteiger partial charge on any atom is 0.260 e. The van der Waals surface area contributed by atoms with Gasteiger partial charge in [-0.2, -0.15) is 5.26 Å². The van der Waals surface area contributed by atoms with Crippen LogP contribution in [0, 0.1) is 11.3 Å². The molecule has 0 heterocycles.